The highest BCUT2D eigenvalue weighted by Crippen LogP contribution is 2.03. The van der Waals surface area contributed by atoms with Gasteiger partial charge in [0.25, 0.3) is 0 Å². The molecule has 0 bridgehead atoms. The molecule has 1 fully saturated rings. The fourth-order valence-electron chi connectivity index (χ4n) is 1.65. The minimum absolute atomic E-state index is 0. The number of ether oxygens (including phenoxy) is 2. The largest absolute Gasteiger partial charge is 1.00 e. The van der Waals surface area contributed by atoms with Crippen LogP contribution in [0.15, 0.2) is 0 Å². The van der Waals surface area contributed by atoms with Gasteiger partial charge in [-0.3, -0.25) is 4.90 Å². The fraction of sp³-hybridized carbons (Fsp3) is 0.889. The van der Waals surface area contributed by atoms with Crippen molar-refractivity contribution in [1.29, 1.82) is 0 Å². The van der Waals surface area contributed by atoms with Gasteiger partial charge >= 0.3 is 0 Å². The summed E-state index contributed by atoms with van der Waals surface area (Å²) in [5, 5.41) is 11.7. The molecule has 0 aliphatic carbocycles. The van der Waals surface area contributed by atoms with Crippen LogP contribution in [0.2, 0.25) is 0 Å². The van der Waals surface area contributed by atoms with E-state index in [0.29, 0.717) is 13.2 Å². The number of hydrogen-bond donors (Lipinski definition) is 0. The molecule has 1 aliphatic rings. The van der Waals surface area contributed by atoms with Crippen molar-refractivity contribution in [2.45, 2.75) is 13.1 Å². The second-order valence-corrected chi connectivity index (χ2v) is 3.70. The number of tetrazole rings is 1. The number of nitrogens with zero attached hydrogens (tertiary/aromatic N) is 5. The van der Waals surface area contributed by atoms with Crippen molar-refractivity contribution in [3.8, 4) is 0 Å². The van der Waals surface area contributed by atoms with Crippen molar-refractivity contribution in [3.05, 3.63) is 5.82 Å². The summed E-state index contributed by atoms with van der Waals surface area (Å²) in [5.74, 6) is 0.888. The van der Waals surface area contributed by atoms with E-state index in [2.05, 4.69) is 20.4 Å². The first kappa shape index (κ1) is 14.3. The average molecular weight is 263 g/mol. The smallest absolute Gasteiger partial charge is 0.165 e. The Morgan fingerprint density at radius 1 is 1.35 bits per heavy atom. The van der Waals surface area contributed by atoms with Crippen molar-refractivity contribution in [2.75, 3.05) is 40.0 Å². The summed E-state index contributed by atoms with van der Waals surface area (Å²) in [5.41, 5.74) is 0. The molecule has 0 saturated carbocycles. The van der Waals surface area contributed by atoms with E-state index >= 15 is 0 Å². The van der Waals surface area contributed by atoms with Gasteiger partial charge in [0.1, 0.15) is 0 Å². The van der Waals surface area contributed by atoms with Gasteiger partial charge in [-0.25, -0.2) is 4.68 Å². The molecular weight excluding hydrogens is 246 g/mol. The van der Waals surface area contributed by atoms with Gasteiger partial charge in [-0.15, -0.1) is 5.10 Å². The second kappa shape index (κ2) is 7.54. The van der Waals surface area contributed by atoms with E-state index < -0.39 is 0 Å². The Bertz CT molecular complexity index is 316. The Morgan fingerprint density at radius 2 is 2.12 bits per heavy atom. The quantitative estimate of drug-likeness (QED) is 0.542. The molecule has 0 unspecified atom stereocenters. The van der Waals surface area contributed by atoms with Crippen LogP contribution in [0, 0.1) is 0 Å². The van der Waals surface area contributed by atoms with Crippen molar-refractivity contribution in [3.63, 3.8) is 0 Å². The van der Waals surface area contributed by atoms with Crippen LogP contribution >= 0.6 is 0 Å². The maximum absolute atomic E-state index is 5.29. The highest BCUT2D eigenvalue weighted by atomic mass is 35.5. The Kier molecular flexibility index (Phi) is 6.35. The lowest BCUT2D eigenvalue weighted by atomic mass is 10.4. The van der Waals surface area contributed by atoms with Gasteiger partial charge in [0.05, 0.1) is 32.9 Å². The third-order valence-corrected chi connectivity index (χ3v) is 2.58. The molecule has 1 saturated heterocycles. The minimum Gasteiger partial charge on any atom is -1.00 e. The average Bonchev–Trinajstić information content (AvgIpc) is 2.75. The summed E-state index contributed by atoms with van der Waals surface area (Å²) < 4.78 is 12.1. The van der Waals surface area contributed by atoms with Crippen molar-refractivity contribution in [1.82, 2.24) is 25.1 Å². The predicted molar refractivity (Wildman–Crippen MR) is 55.8 cm³/mol. The first-order chi connectivity index (χ1) is 7.90. The maximum Gasteiger partial charge on any atom is 0.165 e. The summed E-state index contributed by atoms with van der Waals surface area (Å²) >= 11 is 0. The van der Waals surface area contributed by atoms with E-state index in [9.17, 15) is 0 Å². The number of morpholine rings is 1. The third-order valence-electron chi connectivity index (χ3n) is 2.58. The molecule has 7 nitrogen and oxygen atoms in total. The molecule has 0 N–H and O–H groups in total. The molecule has 1 aromatic heterocycles. The van der Waals surface area contributed by atoms with Gasteiger partial charge in [0.2, 0.25) is 0 Å². The molecule has 2 rings (SSSR count). The standard InChI is InChI=1S/C9H17N5O2.ClH/c1-15-5-4-14-9(10-11-12-14)8-13-2-6-16-7-3-13;/h2-8H2,1H3;1H/p-1. The zero-order chi connectivity index (χ0) is 11.2. The van der Waals surface area contributed by atoms with Gasteiger partial charge in [-0.05, 0) is 10.4 Å². The number of rotatable bonds is 5. The van der Waals surface area contributed by atoms with E-state index in [1.807, 2.05) is 0 Å². The zero-order valence-corrected chi connectivity index (χ0v) is 10.6. The molecule has 2 heterocycles. The van der Waals surface area contributed by atoms with Crippen molar-refractivity contribution < 1.29 is 21.9 Å². The Labute approximate surface area is 106 Å². The first-order valence-corrected chi connectivity index (χ1v) is 5.44. The van der Waals surface area contributed by atoms with Gasteiger partial charge in [0.15, 0.2) is 5.82 Å². The summed E-state index contributed by atoms with van der Waals surface area (Å²) in [6, 6.07) is 0. The van der Waals surface area contributed by atoms with Crippen LogP contribution in [0.25, 0.3) is 0 Å². The summed E-state index contributed by atoms with van der Waals surface area (Å²) in [6.07, 6.45) is 0. The van der Waals surface area contributed by atoms with E-state index in [1.54, 1.807) is 11.8 Å². The van der Waals surface area contributed by atoms with Crippen molar-refractivity contribution >= 4 is 0 Å². The van der Waals surface area contributed by atoms with Gasteiger partial charge in [0, 0.05) is 20.2 Å². The number of methoxy groups -OCH3 is 1. The van der Waals surface area contributed by atoms with E-state index in [1.165, 1.54) is 0 Å². The summed E-state index contributed by atoms with van der Waals surface area (Å²) in [4.78, 5) is 2.29. The number of halogens is 1. The molecule has 8 heteroatoms. The van der Waals surface area contributed by atoms with Gasteiger partial charge < -0.3 is 21.9 Å². The SMILES string of the molecule is COCCn1nnnc1CN1CCOCC1.[Cl-]. The number of hydrogen-bond acceptors (Lipinski definition) is 6. The second-order valence-electron chi connectivity index (χ2n) is 3.70. The normalized spacial score (nSPS) is 16.8. The molecular formula is C9H17ClN5O2-. The molecule has 0 aromatic carbocycles. The monoisotopic (exact) mass is 262 g/mol. The van der Waals surface area contributed by atoms with Crippen LogP contribution in [0.4, 0.5) is 0 Å². The fourth-order valence-corrected chi connectivity index (χ4v) is 1.65. The molecule has 1 aliphatic heterocycles. The Morgan fingerprint density at radius 3 is 2.82 bits per heavy atom. The Balaban J connectivity index is 0.00000144. The highest BCUT2D eigenvalue weighted by molar-refractivity contribution is 4.81. The molecule has 0 atom stereocenters. The van der Waals surface area contributed by atoms with E-state index in [0.717, 1.165) is 38.7 Å². The van der Waals surface area contributed by atoms with Crippen LogP contribution in [0.5, 0.6) is 0 Å². The molecule has 0 radical (unpaired) electrons. The summed E-state index contributed by atoms with van der Waals surface area (Å²) in [7, 11) is 1.67. The first-order valence-electron chi connectivity index (χ1n) is 5.44. The van der Waals surface area contributed by atoms with Crippen molar-refractivity contribution in [2.24, 2.45) is 0 Å². The lowest BCUT2D eigenvalue weighted by Crippen LogP contribution is -3.00. The molecule has 98 valence electrons. The van der Waals surface area contributed by atoms with Crippen LogP contribution in [-0.4, -0.2) is 65.1 Å². The number of aromatic nitrogens is 4. The van der Waals surface area contributed by atoms with Crippen LogP contribution in [-0.2, 0) is 22.6 Å². The lowest BCUT2D eigenvalue weighted by Gasteiger charge is -2.25. The predicted octanol–water partition coefficient (Wildman–Crippen LogP) is -3.84. The van der Waals surface area contributed by atoms with E-state index in [-0.39, 0.29) is 12.4 Å². The van der Waals surface area contributed by atoms with Gasteiger partial charge in [-0.1, -0.05) is 0 Å². The molecule has 0 amide bonds. The molecule has 17 heavy (non-hydrogen) atoms. The lowest BCUT2D eigenvalue weighted by molar-refractivity contribution is -0.00000609. The van der Waals surface area contributed by atoms with E-state index in [4.69, 9.17) is 9.47 Å². The summed E-state index contributed by atoms with van der Waals surface area (Å²) in [6.45, 7) is 5.57. The maximum atomic E-state index is 5.29. The van der Waals surface area contributed by atoms with Crippen LogP contribution < -0.4 is 12.4 Å². The minimum atomic E-state index is 0. The molecule has 1 aromatic rings. The van der Waals surface area contributed by atoms with Gasteiger partial charge in [-0.2, -0.15) is 0 Å². The highest BCUT2D eigenvalue weighted by Gasteiger charge is 2.14. The molecule has 0 spiro atoms. The topological polar surface area (TPSA) is 65.3 Å². The zero-order valence-electron chi connectivity index (χ0n) is 9.88. The Hall–Kier alpha value is -0.760. The van der Waals surface area contributed by atoms with Crippen LogP contribution in [0.3, 0.4) is 0 Å². The van der Waals surface area contributed by atoms with Crippen LogP contribution in [0.1, 0.15) is 5.82 Å². The third kappa shape index (κ3) is 4.19.